The number of hydrogen-bond acceptors (Lipinski definition) is 6. The minimum Gasteiger partial charge on any atom is -0.457 e. The molecule has 0 bridgehead atoms. The zero-order valence-corrected chi connectivity index (χ0v) is 12.1. The molecule has 21 heavy (non-hydrogen) atoms. The Morgan fingerprint density at radius 2 is 1.86 bits per heavy atom. The first-order chi connectivity index (χ1) is 9.75. The van der Waals surface area contributed by atoms with E-state index in [2.05, 4.69) is 0 Å². The summed E-state index contributed by atoms with van der Waals surface area (Å²) < 4.78 is 6.68. The summed E-state index contributed by atoms with van der Waals surface area (Å²) in [6.45, 7) is 1.36. The zero-order chi connectivity index (χ0) is 15.9. The fourth-order valence-corrected chi connectivity index (χ4v) is 2.09. The molecule has 1 aromatic heterocycles. The lowest BCUT2D eigenvalue weighted by atomic mass is 10.2. The number of nitrogens with two attached hydrogens (primary N) is 1. The van der Waals surface area contributed by atoms with Gasteiger partial charge in [0, 0.05) is 14.1 Å². The van der Waals surface area contributed by atoms with E-state index in [1.807, 2.05) is 6.92 Å². The molecule has 2 N–H and O–H groups in total. The van der Waals surface area contributed by atoms with Crippen molar-refractivity contribution < 1.29 is 14.3 Å². The molecule has 8 heteroatoms. The van der Waals surface area contributed by atoms with Gasteiger partial charge in [0.05, 0.1) is 5.92 Å². The number of nitrogens with zero attached hydrogens (tertiary/aromatic N) is 2. The van der Waals surface area contributed by atoms with Crippen molar-refractivity contribution in [2.24, 2.45) is 25.9 Å². The summed E-state index contributed by atoms with van der Waals surface area (Å²) in [5.74, 6) is -1.30. The van der Waals surface area contributed by atoms with E-state index in [4.69, 9.17) is 10.5 Å². The molecule has 1 aliphatic rings. The van der Waals surface area contributed by atoms with E-state index >= 15 is 0 Å². The third-order valence-corrected chi connectivity index (χ3v) is 3.75. The van der Waals surface area contributed by atoms with Gasteiger partial charge in [-0.25, -0.2) is 4.79 Å². The molecule has 1 aromatic rings. The van der Waals surface area contributed by atoms with E-state index in [-0.39, 0.29) is 23.2 Å². The van der Waals surface area contributed by atoms with Gasteiger partial charge in [-0.1, -0.05) is 6.92 Å². The molecular weight excluding hydrogens is 278 g/mol. The maximum atomic E-state index is 12.0. The molecular formula is C13H17N3O5. The van der Waals surface area contributed by atoms with Gasteiger partial charge in [0.2, 0.25) is 5.78 Å². The molecule has 1 saturated carbocycles. The van der Waals surface area contributed by atoms with Crippen LogP contribution in [0, 0.1) is 11.8 Å². The van der Waals surface area contributed by atoms with Crippen LogP contribution in [0.25, 0.3) is 0 Å². The average Bonchev–Trinajstić information content (AvgIpc) is 3.17. The monoisotopic (exact) mass is 295 g/mol. The Morgan fingerprint density at radius 3 is 2.38 bits per heavy atom. The van der Waals surface area contributed by atoms with E-state index in [9.17, 15) is 19.2 Å². The molecule has 0 spiro atoms. The molecule has 2 rings (SSSR count). The van der Waals surface area contributed by atoms with Crippen molar-refractivity contribution in [2.45, 2.75) is 13.3 Å². The second-order valence-electron chi connectivity index (χ2n) is 5.32. The van der Waals surface area contributed by atoms with Crippen molar-refractivity contribution in [3.8, 4) is 0 Å². The number of anilines is 1. The fraction of sp³-hybridized carbons (Fsp3) is 0.538. The SMILES string of the molecule is C[C@H]1C[C@H]1C(=O)OCC(=O)c1c(N)n(C)c(=O)n(C)c1=O. The molecule has 114 valence electrons. The number of nitrogen functional groups attached to an aromatic ring is 1. The van der Waals surface area contributed by atoms with Gasteiger partial charge in [-0.2, -0.15) is 0 Å². The van der Waals surface area contributed by atoms with Gasteiger partial charge in [-0.3, -0.25) is 23.5 Å². The Hall–Kier alpha value is -2.38. The van der Waals surface area contributed by atoms with E-state index in [1.165, 1.54) is 14.1 Å². The van der Waals surface area contributed by atoms with Crippen LogP contribution >= 0.6 is 0 Å². The van der Waals surface area contributed by atoms with E-state index < -0.39 is 29.6 Å². The van der Waals surface area contributed by atoms with Gasteiger partial charge in [-0.15, -0.1) is 0 Å². The third kappa shape index (κ3) is 2.61. The Balaban J connectivity index is 2.22. The number of Topliss-reactive ketones (excluding diaryl/α,β-unsaturated/α-hetero) is 1. The molecule has 0 aromatic carbocycles. The van der Waals surface area contributed by atoms with Crippen LogP contribution in [0.5, 0.6) is 0 Å². The van der Waals surface area contributed by atoms with Crippen LogP contribution in [0.1, 0.15) is 23.7 Å². The number of aromatic nitrogens is 2. The quantitative estimate of drug-likeness (QED) is 0.566. The van der Waals surface area contributed by atoms with Gasteiger partial charge in [0.15, 0.2) is 6.61 Å². The molecule has 0 unspecified atom stereocenters. The summed E-state index contributed by atoms with van der Waals surface area (Å²) in [6.07, 6.45) is 0.747. The third-order valence-electron chi connectivity index (χ3n) is 3.75. The Kier molecular flexibility index (Phi) is 3.71. The first-order valence-electron chi connectivity index (χ1n) is 6.51. The lowest BCUT2D eigenvalue weighted by molar-refractivity contribution is -0.144. The molecule has 2 atom stereocenters. The summed E-state index contributed by atoms with van der Waals surface area (Å²) in [7, 11) is 2.60. The smallest absolute Gasteiger partial charge is 0.332 e. The normalized spacial score (nSPS) is 20.1. The number of esters is 1. The van der Waals surface area contributed by atoms with Crippen molar-refractivity contribution in [3.05, 3.63) is 26.4 Å². The molecule has 0 saturated heterocycles. The fourth-order valence-electron chi connectivity index (χ4n) is 2.09. The Bertz CT molecular complexity index is 731. The highest BCUT2D eigenvalue weighted by atomic mass is 16.5. The summed E-state index contributed by atoms with van der Waals surface area (Å²) in [4.78, 5) is 47.2. The molecule has 0 amide bonds. The molecule has 0 aliphatic heterocycles. The van der Waals surface area contributed by atoms with Gasteiger partial charge in [0.25, 0.3) is 5.56 Å². The Morgan fingerprint density at radius 1 is 1.29 bits per heavy atom. The standard InChI is InChI=1S/C13H17N3O5/c1-6-4-7(6)12(19)21-5-8(17)9-10(14)15(2)13(20)16(3)11(9)18/h6-7H,4-5,14H2,1-3H3/t6-,7+/m0/s1. The van der Waals surface area contributed by atoms with Crippen LogP contribution < -0.4 is 17.0 Å². The largest absolute Gasteiger partial charge is 0.457 e. The van der Waals surface area contributed by atoms with E-state index in [1.54, 1.807) is 0 Å². The summed E-state index contributed by atoms with van der Waals surface area (Å²) in [5, 5.41) is 0. The van der Waals surface area contributed by atoms with Gasteiger partial charge in [0.1, 0.15) is 11.4 Å². The van der Waals surface area contributed by atoms with Crippen molar-refractivity contribution in [1.82, 2.24) is 9.13 Å². The highest BCUT2D eigenvalue weighted by Crippen LogP contribution is 2.38. The van der Waals surface area contributed by atoms with Gasteiger partial charge >= 0.3 is 11.7 Å². The maximum Gasteiger partial charge on any atom is 0.332 e. The van der Waals surface area contributed by atoms with Crippen molar-refractivity contribution in [2.75, 3.05) is 12.3 Å². The summed E-state index contributed by atoms with van der Waals surface area (Å²) >= 11 is 0. The highest BCUT2D eigenvalue weighted by Gasteiger charge is 2.40. The van der Waals surface area contributed by atoms with Gasteiger partial charge < -0.3 is 10.5 Å². The van der Waals surface area contributed by atoms with Crippen LogP contribution in [0.2, 0.25) is 0 Å². The molecule has 1 fully saturated rings. The van der Waals surface area contributed by atoms with Crippen molar-refractivity contribution in [3.63, 3.8) is 0 Å². The van der Waals surface area contributed by atoms with E-state index in [0.717, 1.165) is 15.6 Å². The van der Waals surface area contributed by atoms with Crippen LogP contribution in [0.3, 0.4) is 0 Å². The van der Waals surface area contributed by atoms with E-state index in [0.29, 0.717) is 0 Å². The minimum atomic E-state index is -0.795. The average molecular weight is 295 g/mol. The second-order valence-corrected chi connectivity index (χ2v) is 5.32. The second kappa shape index (κ2) is 5.19. The van der Waals surface area contributed by atoms with Crippen molar-refractivity contribution in [1.29, 1.82) is 0 Å². The molecule has 1 heterocycles. The highest BCUT2D eigenvalue weighted by molar-refractivity contribution is 6.01. The molecule has 0 radical (unpaired) electrons. The first-order valence-corrected chi connectivity index (χ1v) is 6.51. The summed E-state index contributed by atoms with van der Waals surface area (Å²) in [6, 6.07) is 0. The van der Waals surface area contributed by atoms with Crippen LogP contribution in [-0.4, -0.2) is 27.5 Å². The van der Waals surface area contributed by atoms with Crippen LogP contribution in [0.4, 0.5) is 5.82 Å². The lowest BCUT2D eigenvalue weighted by Gasteiger charge is -2.10. The number of carbonyl (C=O) groups excluding carboxylic acids is 2. The maximum absolute atomic E-state index is 12.0. The van der Waals surface area contributed by atoms with Crippen molar-refractivity contribution >= 4 is 17.6 Å². The van der Waals surface area contributed by atoms with Crippen LogP contribution in [-0.2, 0) is 23.6 Å². The molecule has 1 aliphatic carbocycles. The number of rotatable bonds is 4. The lowest BCUT2D eigenvalue weighted by Crippen LogP contribution is -2.42. The first kappa shape index (κ1) is 15.0. The minimum absolute atomic E-state index is 0.168. The molecule has 8 nitrogen and oxygen atoms in total. The Labute approximate surface area is 120 Å². The topological polar surface area (TPSA) is 113 Å². The van der Waals surface area contributed by atoms with Gasteiger partial charge in [-0.05, 0) is 12.3 Å². The van der Waals surface area contributed by atoms with Crippen LogP contribution in [0.15, 0.2) is 9.59 Å². The summed E-state index contributed by atoms with van der Waals surface area (Å²) in [5.41, 5.74) is 3.88. The number of ketones is 1. The predicted molar refractivity (Wildman–Crippen MR) is 73.9 cm³/mol. The number of ether oxygens (including phenoxy) is 1. The predicted octanol–water partition coefficient (Wildman–Crippen LogP) is -0.952. The number of carbonyl (C=O) groups is 2. The zero-order valence-electron chi connectivity index (χ0n) is 12.1. The number of hydrogen-bond donors (Lipinski definition) is 1.